The van der Waals surface area contributed by atoms with Gasteiger partial charge < -0.3 is 0 Å². The van der Waals surface area contributed by atoms with Crippen molar-refractivity contribution in [2.75, 3.05) is 0 Å². The molecular weight excluding hydrogens is 209 g/mol. The number of hydrogen-bond donors (Lipinski definition) is 0. The Kier molecular flexibility index (Phi) is 2.60. The van der Waals surface area contributed by atoms with Gasteiger partial charge in [0.05, 0.1) is 5.69 Å². The van der Waals surface area contributed by atoms with E-state index < -0.39 is 0 Å². The van der Waals surface area contributed by atoms with Crippen molar-refractivity contribution in [2.24, 2.45) is 0 Å². The molecule has 1 aromatic rings. The molecule has 0 spiro atoms. The van der Waals surface area contributed by atoms with Crippen LogP contribution in [0.5, 0.6) is 0 Å². The first-order chi connectivity index (χ1) is 5.15. The summed E-state index contributed by atoms with van der Waals surface area (Å²) in [4.78, 5) is 3.78. The summed E-state index contributed by atoms with van der Waals surface area (Å²) in [5.41, 5.74) is 1.35. The van der Waals surface area contributed by atoms with Crippen LogP contribution in [0.15, 0.2) is 10.5 Å². The van der Waals surface area contributed by atoms with Crippen molar-refractivity contribution in [1.29, 1.82) is 0 Å². The van der Waals surface area contributed by atoms with Gasteiger partial charge in [-0.1, -0.05) is 6.92 Å². The lowest BCUT2D eigenvalue weighted by Crippen LogP contribution is -1.95. The fourth-order valence-electron chi connectivity index (χ4n) is 0.841. The van der Waals surface area contributed by atoms with Gasteiger partial charge in [-0.15, -0.1) is 0 Å². The molecule has 0 aromatic carbocycles. The summed E-state index contributed by atoms with van der Waals surface area (Å²) in [5.74, 6) is -0.370. The van der Waals surface area contributed by atoms with Gasteiger partial charge >= 0.3 is 0 Å². The fraction of sp³-hybridized carbons (Fsp3) is 0.375. The Hall–Kier alpha value is -0.440. The highest BCUT2D eigenvalue weighted by Crippen LogP contribution is 2.17. The monoisotopic (exact) mass is 217 g/mol. The lowest BCUT2D eigenvalue weighted by atomic mass is 10.2. The second-order valence-corrected chi connectivity index (χ2v) is 3.23. The summed E-state index contributed by atoms with van der Waals surface area (Å²) in [5, 5.41) is 0. The van der Waals surface area contributed by atoms with Crippen LogP contribution in [0.1, 0.15) is 18.2 Å². The average molecular weight is 218 g/mol. The predicted octanol–water partition coefficient (Wildman–Crippen LogP) is 2.85. The molecule has 1 rings (SSSR count). The summed E-state index contributed by atoms with van der Waals surface area (Å²) < 4.78 is 13.7. The molecule has 11 heavy (non-hydrogen) atoms. The van der Waals surface area contributed by atoms with E-state index in [0.717, 1.165) is 16.6 Å². The van der Waals surface area contributed by atoms with E-state index in [0.29, 0.717) is 5.56 Å². The quantitative estimate of drug-likeness (QED) is 0.660. The third kappa shape index (κ3) is 1.77. The molecule has 1 nitrogen and oxygen atoms in total. The van der Waals surface area contributed by atoms with Crippen molar-refractivity contribution in [3.8, 4) is 0 Å². The molecule has 3 heteroatoms. The molecule has 0 N–H and O–H groups in total. The molecule has 0 saturated heterocycles. The second-order valence-electron chi connectivity index (χ2n) is 2.38. The highest BCUT2D eigenvalue weighted by Gasteiger charge is 2.04. The number of pyridine rings is 1. The minimum atomic E-state index is -0.370. The minimum absolute atomic E-state index is 0.370. The van der Waals surface area contributed by atoms with Crippen LogP contribution in [0.2, 0.25) is 0 Å². The maximum absolute atomic E-state index is 12.8. The van der Waals surface area contributed by atoms with Crippen LogP contribution in [0.25, 0.3) is 0 Å². The maximum Gasteiger partial charge on any atom is 0.216 e. The van der Waals surface area contributed by atoms with E-state index >= 15 is 0 Å². The smallest absolute Gasteiger partial charge is 0.216 e. The van der Waals surface area contributed by atoms with E-state index in [-0.39, 0.29) is 5.95 Å². The van der Waals surface area contributed by atoms with Crippen LogP contribution in [0.4, 0.5) is 4.39 Å². The molecule has 0 aliphatic heterocycles. The summed E-state index contributed by atoms with van der Waals surface area (Å²) in [6.45, 7) is 3.65. The largest absolute Gasteiger partial charge is 0.223 e. The molecule has 1 heterocycles. The predicted molar refractivity (Wildman–Crippen MR) is 46.0 cm³/mol. The maximum atomic E-state index is 12.8. The summed E-state index contributed by atoms with van der Waals surface area (Å²) >= 11 is 3.31. The van der Waals surface area contributed by atoms with Crippen molar-refractivity contribution in [2.45, 2.75) is 20.3 Å². The molecule has 0 radical (unpaired) electrons. The van der Waals surface area contributed by atoms with Crippen LogP contribution in [0.3, 0.4) is 0 Å². The number of aryl methyl sites for hydroxylation is 2. The third-order valence-corrected chi connectivity index (χ3v) is 2.20. The third-order valence-electron chi connectivity index (χ3n) is 1.51. The van der Waals surface area contributed by atoms with E-state index in [4.69, 9.17) is 0 Å². The Morgan fingerprint density at radius 2 is 2.27 bits per heavy atom. The lowest BCUT2D eigenvalue weighted by molar-refractivity contribution is 0.567. The summed E-state index contributed by atoms with van der Waals surface area (Å²) in [6, 6.07) is 1.75. The van der Waals surface area contributed by atoms with Gasteiger partial charge in [-0.25, -0.2) is 4.98 Å². The van der Waals surface area contributed by atoms with Crippen molar-refractivity contribution >= 4 is 15.9 Å². The van der Waals surface area contributed by atoms with Gasteiger partial charge in [0.25, 0.3) is 0 Å². The summed E-state index contributed by atoms with van der Waals surface area (Å²) in [7, 11) is 0. The van der Waals surface area contributed by atoms with Gasteiger partial charge in [-0.3, -0.25) is 0 Å². The SMILES string of the molecule is CCc1nc(F)c(C)cc1Br. The highest BCUT2D eigenvalue weighted by atomic mass is 79.9. The van der Waals surface area contributed by atoms with Crippen LogP contribution in [-0.2, 0) is 6.42 Å². The van der Waals surface area contributed by atoms with Gasteiger partial charge in [0.1, 0.15) is 0 Å². The number of halogens is 2. The van der Waals surface area contributed by atoms with E-state index in [1.807, 2.05) is 6.92 Å². The van der Waals surface area contributed by atoms with Gasteiger partial charge in [-0.2, -0.15) is 4.39 Å². The van der Waals surface area contributed by atoms with Crippen molar-refractivity contribution in [3.63, 3.8) is 0 Å². The van der Waals surface area contributed by atoms with E-state index in [2.05, 4.69) is 20.9 Å². The minimum Gasteiger partial charge on any atom is -0.223 e. The van der Waals surface area contributed by atoms with Crippen molar-refractivity contribution < 1.29 is 4.39 Å². The Bertz CT molecular complexity index is 273. The molecule has 0 aliphatic rings. The van der Waals surface area contributed by atoms with Gasteiger partial charge in [0.2, 0.25) is 5.95 Å². The zero-order chi connectivity index (χ0) is 8.43. The molecule has 0 unspecified atom stereocenters. The van der Waals surface area contributed by atoms with E-state index in [9.17, 15) is 4.39 Å². The molecule has 0 aliphatic carbocycles. The zero-order valence-electron chi connectivity index (χ0n) is 6.49. The van der Waals surface area contributed by atoms with Crippen LogP contribution >= 0.6 is 15.9 Å². The molecule has 0 bridgehead atoms. The molecule has 1 aromatic heterocycles. The molecule has 0 amide bonds. The van der Waals surface area contributed by atoms with E-state index in [1.165, 1.54) is 0 Å². The Labute approximate surface area is 73.8 Å². The van der Waals surface area contributed by atoms with Crippen molar-refractivity contribution in [3.05, 3.63) is 27.7 Å². The highest BCUT2D eigenvalue weighted by molar-refractivity contribution is 9.10. The first-order valence-electron chi connectivity index (χ1n) is 3.46. The molecule has 60 valence electrons. The van der Waals surface area contributed by atoms with Crippen molar-refractivity contribution in [1.82, 2.24) is 4.98 Å². The van der Waals surface area contributed by atoms with Gasteiger partial charge in [0.15, 0.2) is 0 Å². The first-order valence-corrected chi connectivity index (χ1v) is 4.26. The zero-order valence-corrected chi connectivity index (χ0v) is 8.07. The standard InChI is InChI=1S/C8H9BrFN/c1-3-7-6(9)4-5(2)8(10)11-7/h4H,3H2,1-2H3. The number of hydrogen-bond acceptors (Lipinski definition) is 1. The molecular formula is C8H9BrFN. The van der Waals surface area contributed by atoms with Crippen LogP contribution in [0, 0.1) is 12.9 Å². The number of rotatable bonds is 1. The first kappa shape index (κ1) is 8.65. The van der Waals surface area contributed by atoms with Gasteiger partial charge in [-0.05, 0) is 35.3 Å². The normalized spacial score (nSPS) is 10.2. The Morgan fingerprint density at radius 1 is 1.64 bits per heavy atom. The number of aromatic nitrogens is 1. The van der Waals surface area contributed by atoms with Gasteiger partial charge in [0, 0.05) is 10.0 Å². The molecule has 0 saturated carbocycles. The summed E-state index contributed by atoms with van der Waals surface area (Å²) in [6.07, 6.45) is 0.748. The molecule has 0 fully saturated rings. The van der Waals surface area contributed by atoms with Crippen LogP contribution in [-0.4, -0.2) is 4.98 Å². The van der Waals surface area contributed by atoms with E-state index in [1.54, 1.807) is 13.0 Å². The van der Waals surface area contributed by atoms with Crippen LogP contribution < -0.4 is 0 Å². The fourth-order valence-corrected chi connectivity index (χ4v) is 1.55. The second kappa shape index (κ2) is 3.30. The lowest BCUT2D eigenvalue weighted by Gasteiger charge is -2.01. The average Bonchev–Trinajstić information content (AvgIpc) is 1.97. The topological polar surface area (TPSA) is 12.9 Å². The Morgan fingerprint density at radius 3 is 2.82 bits per heavy atom. The molecule has 0 atom stereocenters. The Balaban J connectivity index is 3.21. The number of nitrogens with zero attached hydrogens (tertiary/aromatic N) is 1.